The molecule has 1 heterocycles. The van der Waals surface area contributed by atoms with E-state index < -0.39 is 10.0 Å². The maximum atomic E-state index is 12.4. The number of hydrogen-bond acceptors (Lipinski definition) is 4. The number of hydrogen-bond donors (Lipinski definition) is 2. The highest BCUT2D eigenvalue weighted by Crippen LogP contribution is 2.35. The lowest BCUT2D eigenvalue weighted by Crippen LogP contribution is -2.37. The van der Waals surface area contributed by atoms with E-state index in [2.05, 4.69) is 9.82 Å². The van der Waals surface area contributed by atoms with E-state index >= 15 is 0 Å². The fourth-order valence-corrected chi connectivity index (χ4v) is 4.29. The summed E-state index contributed by atoms with van der Waals surface area (Å²) in [7, 11) is -2.11. The van der Waals surface area contributed by atoms with Gasteiger partial charge in [0.2, 0.25) is 10.0 Å². The van der Waals surface area contributed by atoms with Crippen LogP contribution in [0.5, 0.6) is 0 Å². The Morgan fingerprint density at radius 2 is 2.21 bits per heavy atom. The summed E-state index contributed by atoms with van der Waals surface area (Å²) in [5.74, 6) is 0.317. The molecule has 2 rings (SSSR count). The Kier molecular flexibility index (Phi) is 4.20. The van der Waals surface area contributed by atoms with E-state index in [9.17, 15) is 8.42 Å². The molecule has 0 spiro atoms. The number of aliphatic hydroxyl groups excluding tert-OH is 1. The minimum Gasteiger partial charge on any atom is -0.396 e. The van der Waals surface area contributed by atoms with Crippen LogP contribution in [-0.4, -0.2) is 36.0 Å². The molecule has 19 heavy (non-hydrogen) atoms. The van der Waals surface area contributed by atoms with Gasteiger partial charge in [0.1, 0.15) is 10.0 Å². The third-order valence-corrected chi connectivity index (χ3v) is 5.49. The zero-order valence-electron chi connectivity index (χ0n) is 10.9. The molecule has 108 valence electrons. The van der Waals surface area contributed by atoms with Crippen LogP contribution in [0.4, 0.5) is 0 Å². The Labute approximate surface area is 117 Å². The molecule has 1 atom stereocenters. The van der Waals surface area contributed by atoms with Crippen LogP contribution in [-0.2, 0) is 17.1 Å². The van der Waals surface area contributed by atoms with E-state index in [0.717, 1.165) is 12.8 Å². The molecule has 1 aliphatic carbocycles. The van der Waals surface area contributed by atoms with Crippen molar-refractivity contribution in [3.8, 4) is 0 Å². The van der Waals surface area contributed by atoms with Crippen molar-refractivity contribution in [3.05, 3.63) is 10.8 Å². The van der Waals surface area contributed by atoms with Crippen LogP contribution in [0.1, 0.15) is 25.0 Å². The smallest absolute Gasteiger partial charge is 0.245 e. The average Bonchev–Trinajstić information content (AvgIpc) is 3.07. The van der Waals surface area contributed by atoms with Crippen molar-refractivity contribution in [2.75, 3.05) is 6.61 Å². The molecule has 1 fully saturated rings. The highest BCUT2D eigenvalue weighted by Gasteiger charge is 2.35. The normalized spacial score (nSPS) is 17.7. The summed E-state index contributed by atoms with van der Waals surface area (Å²) in [6, 6.07) is -0.231. The molecule has 0 radical (unpaired) electrons. The summed E-state index contributed by atoms with van der Waals surface area (Å²) in [4.78, 5) is 0.0280. The first-order chi connectivity index (χ1) is 8.86. The average molecular weight is 308 g/mol. The summed E-state index contributed by atoms with van der Waals surface area (Å²) in [6.45, 7) is 1.57. The van der Waals surface area contributed by atoms with E-state index in [4.69, 9.17) is 16.7 Å². The third kappa shape index (κ3) is 3.10. The van der Waals surface area contributed by atoms with E-state index in [1.54, 1.807) is 14.0 Å². The van der Waals surface area contributed by atoms with Crippen LogP contribution in [0, 0.1) is 12.8 Å². The molecule has 1 aromatic rings. The molecule has 0 saturated heterocycles. The van der Waals surface area contributed by atoms with E-state index in [1.807, 2.05) is 0 Å². The van der Waals surface area contributed by atoms with E-state index in [0.29, 0.717) is 18.0 Å². The zero-order valence-corrected chi connectivity index (χ0v) is 12.5. The third-order valence-electron chi connectivity index (χ3n) is 3.31. The zero-order chi connectivity index (χ0) is 14.2. The van der Waals surface area contributed by atoms with Crippen LogP contribution in [0.3, 0.4) is 0 Å². The van der Waals surface area contributed by atoms with Crippen LogP contribution in [0.15, 0.2) is 4.90 Å². The highest BCUT2D eigenvalue weighted by atomic mass is 35.5. The predicted octanol–water partition coefficient (Wildman–Crippen LogP) is 0.821. The molecular formula is C11H18ClN3O3S. The van der Waals surface area contributed by atoms with Gasteiger partial charge in [-0.3, -0.25) is 4.68 Å². The lowest BCUT2D eigenvalue weighted by Gasteiger charge is -2.17. The summed E-state index contributed by atoms with van der Waals surface area (Å²) >= 11 is 5.99. The Morgan fingerprint density at radius 3 is 2.63 bits per heavy atom. The Balaban J connectivity index is 2.26. The SMILES string of the molecule is Cc1nn(C)c(Cl)c1S(=O)(=O)NC(CCO)C1CC1. The fraction of sp³-hybridized carbons (Fsp3) is 0.727. The van der Waals surface area contributed by atoms with Gasteiger partial charge in [-0.25, -0.2) is 13.1 Å². The number of halogens is 1. The minimum absolute atomic E-state index is 0.0280. The van der Waals surface area contributed by atoms with Gasteiger partial charge in [0.25, 0.3) is 0 Å². The number of aromatic nitrogens is 2. The van der Waals surface area contributed by atoms with Crippen molar-refractivity contribution >= 4 is 21.6 Å². The molecule has 1 saturated carbocycles. The molecule has 2 N–H and O–H groups in total. The Morgan fingerprint density at radius 1 is 1.58 bits per heavy atom. The minimum atomic E-state index is -3.70. The predicted molar refractivity (Wildman–Crippen MR) is 71.5 cm³/mol. The number of rotatable bonds is 6. The molecule has 8 heteroatoms. The molecule has 6 nitrogen and oxygen atoms in total. The van der Waals surface area contributed by atoms with Gasteiger partial charge in [0.15, 0.2) is 0 Å². The van der Waals surface area contributed by atoms with Gasteiger partial charge in [-0.2, -0.15) is 5.10 Å². The standard InChI is InChI=1S/C11H18ClN3O3S/c1-7-10(11(12)15(2)13-7)19(17,18)14-9(5-6-16)8-3-4-8/h8-9,14,16H,3-6H2,1-2H3. The van der Waals surface area contributed by atoms with Crippen molar-refractivity contribution in [1.29, 1.82) is 0 Å². The topological polar surface area (TPSA) is 84.2 Å². The molecular weight excluding hydrogens is 290 g/mol. The van der Waals surface area contributed by atoms with Gasteiger partial charge in [-0.05, 0) is 32.1 Å². The first kappa shape index (κ1) is 14.8. The lowest BCUT2D eigenvalue weighted by atomic mass is 10.1. The highest BCUT2D eigenvalue weighted by molar-refractivity contribution is 7.89. The summed E-state index contributed by atoms with van der Waals surface area (Å²) < 4.78 is 28.7. The van der Waals surface area contributed by atoms with Gasteiger partial charge in [-0.1, -0.05) is 11.6 Å². The van der Waals surface area contributed by atoms with Gasteiger partial charge in [0, 0.05) is 19.7 Å². The molecule has 1 aliphatic rings. The first-order valence-corrected chi connectivity index (χ1v) is 8.05. The van der Waals surface area contributed by atoms with Gasteiger partial charge in [-0.15, -0.1) is 0 Å². The maximum Gasteiger partial charge on any atom is 0.245 e. The lowest BCUT2D eigenvalue weighted by molar-refractivity contribution is 0.265. The molecule has 0 aliphatic heterocycles. The van der Waals surface area contributed by atoms with Crippen LogP contribution in [0.25, 0.3) is 0 Å². The second-order valence-electron chi connectivity index (χ2n) is 4.91. The van der Waals surface area contributed by atoms with E-state index in [-0.39, 0.29) is 22.7 Å². The quantitative estimate of drug-likeness (QED) is 0.815. The van der Waals surface area contributed by atoms with Gasteiger partial charge >= 0.3 is 0 Å². The second kappa shape index (κ2) is 5.40. The molecule has 0 bridgehead atoms. The number of sulfonamides is 1. The number of aryl methyl sites for hydroxylation is 2. The van der Waals surface area contributed by atoms with Crippen LogP contribution < -0.4 is 4.72 Å². The van der Waals surface area contributed by atoms with Crippen LogP contribution >= 0.6 is 11.6 Å². The van der Waals surface area contributed by atoms with Crippen molar-refractivity contribution in [3.63, 3.8) is 0 Å². The maximum absolute atomic E-state index is 12.4. The second-order valence-corrected chi connectivity index (χ2v) is 6.92. The fourth-order valence-electron chi connectivity index (χ4n) is 2.20. The Bertz CT molecular complexity index is 566. The monoisotopic (exact) mass is 307 g/mol. The number of aliphatic hydroxyl groups is 1. The number of nitrogens with one attached hydrogen (secondary N) is 1. The summed E-state index contributed by atoms with van der Waals surface area (Å²) in [5, 5.41) is 13.1. The molecule has 1 aromatic heterocycles. The van der Waals surface area contributed by atoms with Gasteiger partial charge in [0.05, 0.1) is 5.69 Å². The van der Waals surface area contributed by atoms with Gasteiger partial charge < -0.3 is 5.11 Å². The first-order valence-electron chi connectivity index (χ1n) is 6.19. The van der Waals surface area contributed by atoms with Crippen molar-refractivity contribution in [2.45, 2.75) is 37.1 Å². The Hall–Kier alpha value is -0.630. The summed E-state index contributed by atoms with van der Waals surface area (Å²) in [5.41, 5.74) is 0.374. The van der Waals surface area contributed by atoms with Crippen molar-refractivity contribution < 1.29 is 13.5 Å². The molecule has 1 unspecified atom stereocenters. The summed E-state index contributed by atoms with van der Waals surface area (Å²) in [6.07, 6.45) is 2.40. The van der Waals surface area contributed by atoms with Crippen LogP contribution in [0.2, 0.25) is 5.15 Å². The van der Waals surface area contributed by atoms with Crippen molar-refractivity contribution in [1.82, 2.24) is 14.5 Å². The van der Waals surface area contributed by atoms with Crippen molar-refractivity contribution in [2.24, 2.45) is 13.0 Å². The molecule has 0 amide bonds. The number of nitrogens with zero attached hydrogens (tertiary/aromatic N) is 2. The van der Waals surface area contributed by atoms with E-state index in [1.165, 1.54) is 4.68 Å². The molecule has 0 aromatic carbocycles. The largest absolute Gasteiger partial charge is 0.396 e.